The molecule has 1 unspecified atom stereocenters. The highest BCUT2D eigenvalue weighted by molar-refractivity contribution is 5.28. The zero-order chi connectivity index (χ0) is 12.1. The number of hydrogen-bond acceptors (Lipinski definition) is 3. The third kappa shape index (κ3) is 3.45. The Balaban J connectivity index is 1.94. The van der Waals surface area contributed by atoms with Crippen molar-refractivity contribution in [2.45, 2.75) is 25.9 Å². The molecule has 1 aliphatic rings. The van der Waals surface area contributed by atoms with Gasteiger partial charge in [-0.05, 0) is 44.6 Å². The van der Waals surface area contributed by atoms with Crippen molar-refractivity contribution in [1.29, 1.82) is 0 Å². The minimum absolute atomic E-state index is 0.672. The second kappa shape index (κ2) is 6.03. The number of benzene rings is 1. The monoisotopic (exact) mass is 234 g/mol. The number of ether oxygens (including phenoxy) is 1. The summed E-state index contributed by atoms with van der Waals surface area (Å²) in [6.45, 7) is 6.00. The highest BCUT2D eigenvalue weighted by atomic mass is 16.5. The van der Waals surface area contributed by atoms with Crippen LogP contribution in [-0.4, -0.2) is 37.7 Å². The van der Waals surface area contributed by atoms with Crippen LogP contribution in [0.25, 0.3) is 0 Å². The Bertz CT molecular complexity index is 348. The number of likely N-dealkylation sites (N-methyl/N-ethyl adjacent to an activating group) is 1. The summed E-state index contributed by atoms with van der Waals surface area (Å²) >= 11 is 0. The van der Waals surface area contributed by atoms with Crippen LogP contribution >= 0.6 is 0 Å². The van der Waals surface area contributed by atoms with Crippen LogP contribution in [0.2, 0.25) is 0 Å². The maximum atomic E-state index is 5.52. The van der Waals surface area contributed by atoms with Crippen LogP contribution in [0.3, 0.4) is 0 Å². The Hall–Kier alpha value is -1.06. The average molecular weight is 234 g/mol. The van der Waals surface area contributed by atoms with Crippen LogP contribution < -0.4 is 10.1 Å². The normalized spacial score (nSPS) is 19.8. The van der Waals surface area contributed by atoms with Crippen molar-refractivity contribution in [3.8, 4) is 5.75 Å². The quantitative estimate of drug-likeness (QED) is 0.842. The average Bonchev–Trinajstić information content (AvgIpc) is 2.83. The molecule has 17 heavy (non-hydrogen) atoms. The Labute approximate surface area is 104 Å². The molecule has 1 saturated heterocycles. The van der Waals surface area contributed by atoms with Crippen LogP contribution in [0.1, 0.15) is 18.9 Å². The maximum Gasteiger partial charge on any atom is 0.119 e. The van der Waals surface area contributed by atoms with Crippen LogP contribution in [0.5, 0.6) is 5.75 Å². The van der Waals surface area contributed by atoms with Crippen molar-refractivity contribution in [3.63, 3.8) is 0 Å². The molecule has 0 amide bonds. The summed E-state index contributed by atoms with van der Waals surface area (Å²) in [5.74, 6) is 0.975. The lowest BCUT2D eigenvalue weighted by Crippen LogP contribution is -2.32. The van der Waals surface area contributed by atoms with Gasteiger partial charge in [-0.2, -0.15) is 0 Å². The summed E-state index contributed by atoms with van der Waals surface area (Å²) in [7, 11) is 2.20. The molecule has 0 spiro atoms. The predicted molar refractivity (Wildman–Crippen MR) is 70.4 cm³/mol. The molecule has 0 radical (unpaired) electrons. The van der Waals surface area contributed by atoms with E-state index in [4.69, 9.17) is 4.74 Å². The molecule has 94 valence electrons. The zero-order valence-corrected chi connectivity index (χ0v) is 10.8. The first-order valence-corrected chi connectivity index (χ1v) is 6.42. The fourth-order valence-corrected chi connectivity index (χ4v) is 2.33. The molecular weight excluding hydrogens is 212 g/mol. The molecule has 0 aromatic heterocycles. The van der Waals surface area contributed by atoms with Gasteiger partial charge in [-0.15, -0.1) is 0 Å². The predicted octanol–water partition coefficient (Wildman–Crippen LogP) is 1.88. The van der Waals surface area contributed by atoms with Gasteiger partial charge in [-0.1, -0.05) is 12.1 Å². The SMILES string of the molecule is CCOc1cccc(CN(C)C2CCNC2)c1. The zero-order valence-electron chi connectivity index (χ0n) is 10.8. The minimum atomic E-state index is 0.672. The molecule has 1 aliphatic heterocycles. The van der Waals surface area contributed by atoms with E-state index < -0.39 is 0 Å². The molecule has 3 heteroatoms. The third-order valence-electron chi connectivity index (χ3n) is 3.30. The van der Waals surface area contributed by atoms with Crippen molar-refractivity contribution in [2.75, 3.05) is 26.7 Å². The Morgan fingerprint density at radius 3 is 3.06 bits per heavy atom. The van der Waals surface area contributed by atoms with Crippen molar-refractivity contribution < 1.29 is 4.74 Å². The van der Waals surface area contributed by atoms with E-state index in [1.807, 2.05) is 13.0 Å². The summed E-state index contributed by atoms with van der Waals surface area (Å²) in [6.07, 6.45) is 1.25. The first-order chi connectivity index (χ1) is 8.29. The van der Waals surface area contributed by atoms with Gasteiger partial charge < -0.3 is 10.1 Å². The molecule has 1 heterocycles. The van der Waals surface area contributed by atoms with Gasteiger partial charge in [-0.25, -0.2) is 0 Å². The Morgan fingerprint density at radius 1 is 1.47 bits per heavy atom. The van der Waals surface area contributed by atoms with Crippen LogP contribution in [0.15, 0.2) is 24.3 Å². The van der Waals surface area contributed by atoms with E-state index in [1.165, 1.54) is 12.0 Å². The molecule has 3 nitrogen and oxygen atoms in total. The van der Waals surface area contributed by atoms with Gasteiger partial charge in [0.25, 0.3) is 0 Å². The van der Waals surface area contributed by atoms with E-state index in [1.54, 1.807) is 0 Å². The molecular formula is C14H22N2O. The second-order valence-corrected chi connectivity index (χ2v) is 4.64. The summed E-state index contributed by atoms with van der Waals surface area (Å²) in [6, 6.07) is 9.07. The van der Waals surface area contributed by atoms with Gasteiger partial charge in [-0.3, -0.25) is 4.90 Å². The van der Waals surface area contributed by atoms with Gasteiger partial charge in [0.2, 0.25) is 0 Å². The van der Waals surface area contributed by atoms with Gasteiger partial charge in [0, 0.05) is 19.1 Å². The van der Waals surface area contributed by atoms with Crippen LogP contribution in [0, 0.1) is 0 Å². The van der Waals surface area contributed by atoms with Gasteiger partial charge in [0.1, 0.15) is 5.75 Å². The lowest BCUT2D eigenvalue weighted by molar-refractivity contribution is 0.248. The van der Waals surface area contributed by atoms with E-state index >= 15 is 0 Å². The van der Waals surface area contributed by atoms with E-state index in [2.05, 4.69) is 35.5 Å². The Morgan fingerprint density at radius 2 is 2.35 bits per heavy atom. The number of nitrogens with zero attached hydrogens (tertiary/aromatic N) is 1. The van der Waals surface area contributed by atoms with E-state index in [0.717, 1.165) is 32.0 Å². The van der Waals surface area contributed by atoms with Gasteiger partial charge in [0.05, 0.1) is 6.61 Å². The lowest BCUT2D eigenvalue weighted by Gasteiger charge is -2.23. The minimum Gasteiger partial charge on any atom is -0.494 e. The third-order valence-corrected chi connectivity index (χ3v) is 3.30. The van der Waals surface area contributed by atoms with Crippen molar-refractivity contribution in [2.24, 2.45) is 0 Å². The van der Waals surface area contributed by atoms with E-state index in [9.17, 15) is 0 Å². The maximum absolute atomic E-state index is 5.52. The summed E-state index contributed by atoms with van der Waals surface area (Å²) in [4.78, 5) is 2.42. The Kier molecular flexibility index (Phi) is 4.40. The van der Waals surface area contributed by atoms with E-state index in [-0.39, 0.29) is 0 Å². The highest BCUT2D eigenvalue weighted by Crippen LogP contribution is 2.16. The number of rotatable bonds is 5. The second-order valence-electron chi connectivity index (χ2n) is 4.64. The van der Waals surface area contributed by atoms with Crippen molar-refractivity contribution in [3.05, 3.63) is 29.8 Å². The fourth-order valence-electron chi connectivity index (χ4n) is 2.33. The molecule has 1 N–H and O–H groups in total. The van der Waals surface area contributed by atoms with Crippen LogP contribution in [-0.2, 0) is 6.54 Å². The lowest BCUT2D eigenvalue weighted by atomic mass is 10.1. The number of hydrogen-bond donors (Lipinski definition) is 1. The molecule has 1 aromatic rings. The first-order valence-electron chi connectivity index (χ1n) is 6.42. The van der Waals surface area contributed by atoms with E-state index in [0.29, 0.717) is 6.04 Å². The summed E-state index contributed by atoms with van der Waals surface area (Å²) in [5.41, 5.74) is 1.32. The van der Waals surface area contributed by atoms with Crippen LogP contribution in [0.4, 0.5) is 0 Å². The van der Waals surface area contributed by atoms with Crippen molar-refractivity contribution in [1.82, 2.24) is 10.2 Å². The molecule has 1 atom stereocenters. The molecule has 0 bridgehead atoms. The summed E-state index contributed by atoms with van der Waals surface area (Å²) in [5, 5.41) is 3.40. The van der Waals surface area contributed by atoms with Gasteiger partial charge >= 0.3 is 0 Å². The molecule has 0 saturated carbocycles. The first kappa shape index (κ1) is 12.4. The smallest absolute Gasteiger partial charge is 0.119 e. The molecule has 1 fully saturated rings. The largest absolute Gasteiger partial charge is 0.494 e. The standard InChI is InChI=1S/C14H22N2O/c1-3-17-14-6-4-5-12(9-14)11-16(2)13-7-8-15-10-13/h4-6,9,13,15H,3,7-8,10-11H2,1-2H3. The molecule has 2 rings (SSSR count). The fraction of sp³-hybridized carbons (Fsp3) is 0.571. The summed E-state index contributed by atoms with van der Waals surface area (Å²) < 4.78 is 5.52. The molecule has 0 aliphatic carbocycles. The van der Waals surface area contributed by atoms with Gasteiger partial charge in [0.15, 0.2) is 0 Å². The molecule has 1 aromatic carbocycles. The highest BCUT2D eigenvalue weighted by Gasteiger charge is 2.18. The topological polar surface area (TPSA) is 24.5 Å². The van der Waals surface area contributed by atoms with Crippen molar-refractivity contribution >= 4 is 0 Å². The number of nitrogens with one attached hydrogen (secondary N) is 1.